The molecule has 104 valence electrons. The smallest absolute Gasteiger partial charge is 0.0694 e. The van der Waals surface area contributed by atoms with E-state index in [0.29, 0.717) is 6.61 Å². The van der Waals surface area contributed by atoms with E-state index < -0.39 is 0 Å². The third-order valence-electron chi connectivity index (χ3n) is 3.06. The van der Waals surface area contributed by atoms with Gasteiger partial charge in [0.25, 0.3) is 0 Å². The van der Waals surface area contributed by atoms with Crippen LogP contribution >= 0.6 is 15.9 Å². The van der Waals surface area contributed by atoms with Crippen LogP contribution in [0.1, 0.15) is 50.8 Å². The van der Waals surface area contributed by atoms with Crippen LogP contribution in [0.5, 0.6) is 0 Å². The van der Waals surface area contributed by atoms with Crippen molar-refractivity contribution < 1.29 is 4.74 Å². The van der Waals surface area contributed by atoms with Gasteiger partial charge < -0.3 is 10.5 Å². The maximum atomic E-state index is 6.26. The molecule has 0 aliphatic carbocycles. The molecule has 1 rings (SSSR count). The standard InChI is InChI=1S/C13H24BrN3O/c1-3-4-5-6-7-12(15)13-11(14)10-16-17(13)8-9-18-2/h10,12H,3-9,15H2,1-2H3. The molecule has 5 heteroatoms. The summed E-state index contributed by atoms with van der Waals surface area (Å²) in [6.45, 7) is 3.63. The van der Waals surface area contributed by atoms with Crippen LogP contribution < -0.4 is 5.73 Å². The van der Waals surface area contributed by atoms with Gasteiger partial charge >= 0.3 is 0 Å². The van der Waals surface area contributed by atoms with E-state index in [0.717, 1.165) is 23.1 Å². The SMILES string of the molecule is CCCCCCC(N)c1c(Br)cnn1CCOC. The van der Waals surface area contributed by atoms with Gasteiger partial charge in [0.05, 0.1) is 29.5 Å². The van der Waals surface area contributed by atoms with Crippen molar-refractivity contribution in [1.82, 2.24) is 9.78 Å². The molecule has 0 bridgehead atoms. The summed E-state index contributed by atoms with van der Waals surface area (Å²) < 4.78 is 8.03. The first kappa shape index (κ1) is 15.7. The number of nitrogens with two attached hydrogens (primary N) is 1. The fourth-order valence-corrected chi connectivity index (χ4v) is 2.61. The summed E-state index contributed by atoms with van der Waals surface area (Å²) in [4.78, 5) is 0. The summed E-state index contributed by atoms with van der Waals surface area (Å²) in [7, 11) is 1.70. The Morgan fingerprint density at radius 1 is 1.44 bits per heavy atom. The van der Waals surface area contributed by atoms with Crippen LogP contribution in [0.3, 0.4) is 0 Å². The van der Waals surface area contributed by atoms with Crippen molar-refractivity contribution in [1.29, 1.82) is 0 Å². The van der Waals surface area contributed by atoms with Gasteiger partial charge in [-0.05, 0) is 22.4 Å². The Morgan fingerprint density at radius 2 is 2.22 bits per heavy atom. The van der Waals surface area contributed by atoms with Gasteiger partial charge in [-0.15, -0.1) is 0 Å². The van der Waals surface area contributed by atoms with Crippen molar-refractivity contribution >= 4 is 15.9 Å². The third-order valence-corrected chi connectivity index (χ3v) is 3.67. The number of unbranched alkanes of at least 4 members (excludes halogenated alkanes) is 3. The van der Waals surface area contributed by atoms with Gasteiger partial charge in [0.2, 0.25) is 0 Å². The minimum Gasteiger partial charge on any atom is -0.383 e. The molecule has 1 aromatic heterocycles. The molecule has 0 fully saturated rings. The van der Waals surface area contributed by atoms with Crippen molar-refractivity contribution in [2.24, 2.45) is 5.73 Å². The first-order valence-corrected chi connectivity index (χ1v) is 7.45. The summed E-state index contributed by atoms with van der Waals surface area (Å²) in [5.74, 6) is 0. The van der Waals surface area contributed by atoms with Crippen molar-refractivity contribution in [3.63, 3.8) is 0 Å². The molecular weight excluding hydrogens is 294 g/mol. The number of ether oxygens (including phenoxy) is 1. The predicted octanol–water partition coefficient (Wildman–Crippen LogP) is 3.26. The van der Waals surface area contributed by atoms with Crippen molar-refractivity contribution in [3.05, 3.63) is 16.4 Å². The van der Waals surface area contributed by atoms with Crippen molar-refractivity contribution in [3.8, 4) is 0 Å². The molecule has 0 amide bonds. The molecule has 0 saturated heterocycles. The molecule has 0 aliphatic rings. The minimum atomic E-state index is 0.0515. The number of rotatable bonds is 9. The van der Waals surface area contributed by atoms with E-state index >= 15 is 0 Å². The molecule has 0 spiro atoms. The van der Waals surface area contributed by atoms with E-state index in [4.69, 9.17) is 10.5 Å². The minimum absolute atomic E-state index is 0.0515. The molecule has 1 unspecified atom stereocenters. The third kappa shape index (κ3) is 4.71. The van der Waals surface area contributed by atoms with Gasteiger partial charge in [0.1, 0.15) is 0 Å². The molecule has 0 aliphatic heterocycles. The topological polar surface area (TPSA) is 53.1 Å². The molecule has 1 heterocycles. The average Bonchev–Trinajstić information content (AvgIpc) is 2.73. The summed E-state index contributed by atoms with van der Waals surface area (Å²) in [6.07, 6.45) is 7.81. The van der Waals surface area contributed by atoms with Crippen molar-refractivity contribution in [2.75, 3.05) is 13.7 Å². The monoisotopic (exact) mass is 317 g/mol. The molecule has 0 saturated carbocycles. The summed E-state index contributed by atoms with van der Waals surface area (Å²) in [5, 5.41) is 4.33. The highest BCUT2D eigenvalue weighted by atomic mass is 79.9. The Balaban J connectivity index is 2.54. The van der Waals surface area contributed by atoms with Crippen LogP contribution in [0.15, 0.2) is 10.7 Å². The molecule has 0 aromatic carbocycles. The van der Waals surface area contributed by atoms with E-state index in [1.165, 1.54) is 25.7 Å². The van der Waals surface area contributed by atoms with Gasteiger partial charge in [0.15, 0.2) is 0 Å². The van der Waals surface area contributed by atoms with Gasteiger partial charge in [-0.25, -0.2) is 0 Å². The van der Waals surface area contributed by atoms with E-state index in [1.54, 1.807) is 7.11 Å². The van der Waals surface area contributed by atoms with E-state index in [2.05, 4.69) is 28.0 Å². The highest BCUT2D eigenvalue weighted by Gasteiger charge is 2.16. The molecule has 18 heavy (non-hydrogen) atoms. The number of aromatic nitrogens is 2. The van der Waals surface area contributed by atoms with Crippen LogP contribution in [0, 0.1) is 0 Å². The van der Waals surface area contributed by atoms with E-state index in [9.17, 15) is 0 Å². The Labute approximate surface area is 118 Å². The van der Waals surface area contributed by atoms with Gasteiger partial charge in [0, 0.05) is 13.2 Å². The quantitative estimate of drug-likeness (QED) is 0.711. The fraction of sp³-hybridized carbons (Fsp3) is 0.769. The molecule has 4 nitrogen and oxygen atoms in total. The Kier molecular flexibility index (Phi) is 7.54. The first-order chi connectivity index (χ1) is 8.70. The lowest BCUT2D eigenvalue weighted by molar-refractivity contribution is 0.182. The second-order valence-corrected chi connectivity index (χ2v) is 5.40. The maximum absolute atomic E-state index is 6.26. The average molecular weight is 318 g/mol. The molecular formula is C13H24BrN3O. The van der Waals surface area contributed by atoms with E-state index in [-0.39, 0.29) is 6.04 Å². The first-order valence-electron chi connectivity index (χ1n) is 6.66. The zero-order valence-corrected chi connectivity index (χ0v) is 12.9. The molecule has 2 N–H and O–H groups in total. The second-order valence-electron chi connectivity index (χ2n) is 4.55. The fourth-order valence-electron chi connectivity index (χ4n) is 2.02. The van der Waals surface area contributed by atoms with Gasteiger partial charge in [-0.1, -0.05) is 32.6 Å². The second kappa shape index (κ2) is 8.67. The lowest BCUT2D eigenvalue weighted by Gasteiger charge is -2.15. The maximum Gasteiger partial charge on any atom is 0.0694 e. The van der Waals surface area contributed by atoms with Crippen LogP contribution in [0.25, 0.3) is 0 Å². The number of methoxy groups -OCH3 is 1. The Bertz CT molecular complexity index is 341. The van der Waals surface area contributed by atoms with Gasteiger partial charge in [-0.2, -0.15) is 5.10 Å². The molecule has 1 atom stereocenters. The lowest BCUT2D eigenvalue weighted by Crippen LogP contribution is -2.18. The number of halogens is 1. The highest BCUT2D eigenvalue weighted by molar-refractivity contribution is 9.10. The highest BCUT2D eigenvalue weighted by Crippen LogP contribution is 2.25. The summed E-state index contributed by atoms with van der Waals surface area (Å²) in [6, 6.07) is 0.0515. The van der Waals surface area contributed by atoms with Crippen LogP contribution in [-0.4, -0.2) is 23.5 Å². The normalized spacial score (nSPS) is 12.9. The Morgan fingerprint density at radius 3 is 2.89 bits per heavy atom. The number of nitrogens with zero attached hydrogens (tertiary/aromatic N) is 2. The Hall–Kier alpha value is -0.390. The molecule has 1 aromatic rings. The predicted molar refractivity (Wildman–Crippen MR) is 77.5 cm³/mol. The van der Waals surface area contributed by atoms with Crippen LogP contribution in [0.2, 0.25) is 0 Å². The van der Waals surface area contributed by atoms with Crippen molar-refractivity contribution in [2.45, 2.75) is 51.6 Å². The van der Waals surface area contributed by atoms with E-state index in [1.807, 2.05) is 10.9 Å². The molecule has 0 radical (unpaired) electrons. The zero-order chi connectivity index (χ0) is 13.4. The largest absolute Gasteiger partial charge is 0.383 e. The number of hydrogen-bond donors (Lipinski definition) is 1. The zero-order valence-electron chi connectivity index (χ0n) is 11.4. The van der Waals surface area contributed by atoms with Gasteiger partial charge in [-0.3, -0.25) is 4.68 Å². The number of hydrogen-bond acceptors (Lipinski definition) is 3. The lowest BCUT2D eigenvalue weighted by atomic mass is 10.1. The van der Waals surface area contributed by atoms with Crippen LogP contribution in [-0.2, 0) is 11.3 Å². The van der Waals surface area contributed by atoms with Crippen LogP contribution in [0.4, 0.5) is 0 Å². The summed E-state index contributed by atoms with van der Waals surface area (Å²) >= 11 is 3.53. The summed E-state index contributed by atoms with van der Waals surface area (Å²) in [5.41, 5.74) is 7.35.